The molecule has 1 rings (SSSR count). The van der Waals surface area contributed by atoms with Crippen LogP contribution in [-0.4, -0.2) is 60.9 Å². The number of carbonyl (C=O) groups excluding carboxylic acids is 2. The third kappa shape index (κ3) is 4.35. The van der Waals surface area contributed by atoms with Crippen LogP contribution < -0.4 is 5.32 Å². The Morgan fingerprint density at radius 2 is 1.95 bits per heavy atom. The fourth-order valence-corrected chi connectivity index (χ4v) is 2.71. The molecule has 0 bridgehead atoms. The van der Waals surface area contributed by atoms with Gasteiger partial charge in [-0.25, -0.2) is 0 Å². The number of hydrogen-bond donors (Lipinski definition) is 1. The highest BCUT2D eigenvalue weighted by molar-refractivity contribution is 5.89. The first-order chi connectivity index (χ1) is 9.06. The zero-order chi connectivity index (χ0) is 14.4. The number of likely N-dealkylation sites (N-methyl/N-ethyl adjacent to an activating group) is 1. The quantitative estimate of drug-likeness (QED) is 0.800. The fraction of sp³-hybridized carbons (Fsp3) is 0.857. The van der Waals surface area contributed by atoms with E-state index < -0.39 is 0 Å². The van der Waals surface area contributed by atoms with Crippen molar-refractivity contribution < 1.29 is 9.59 Å². The number of amides is 2. The maximum absolute atomic E-state index is 12.4. The van der Waals surface area contributed by atoms with Crippen molar-refractivity contribution in [3.63, 3.8) is 0 Å². The Kier molecular flexibility index (Phi) is 8.81. The van der Waals surface area contributed by atoms with E-state index in [9.17, 15) is 9.59 Å². The molecule has 1 saturated heterocycles. The van der Waals surface area contributed by atoms with Crippen molar-refractivity contribution >= 4 is 24.2 Å². The van der Waals surface area contributed by atoms with Crippen molar-refractivity contribution in [1.82, 2.24) is 15.1 Å². The largest absolute Gasteiger partial charge is 0.341 e. The zero-order valence-corrected chi connectivity index (χ0v) is 13.8. The van der Waals surface area contributed by atoms with Gasteiger partial charge in [-0.1, -0.05) is 6.92 Å². The van der Waals surface area contributed by atoms with Crippen LogP contribution in [0.25, 0.3) is 0 Å². The second-order valence-electron chi connectivity index (χ2n) is 5.16. The monoisotopic (exact) mass is 305 g/mol. The molecule has 1 aliphatic rings. The molecule has 0 aromatic heterocycles. The van der Waals surface area contributed by atoms with Gasteiger partial charge in [-0.05, 0) is 33.7 Å². The van der Waals surface area contributed by atoms with Crippen molar-refractivity contribution in [2.45, 2.75) is 39.7 Å². The molecule has 1 fully saturated rings. The Hall–Kier alpha value is -0.810. The van der Waals surface area contributed by atoms with Crippen molar-refractivity contribution in [1.29, 1.82) is 0 Å². The van der Waals surface area contributed by atoms with Gasteiger partial charge in [-0.3, -0.25) is 9.59 Å². The minimum atomic E-state index is -0.244. The summed E-state index contributed by atoms with van der Waals surface area (Å²) in [5.41, 5.74) is 0. The number of carbonyl (C=O) groups is 2. The van der Waals surface area contributed by atoms with Crippen molar-refractivity contribution in [3.05, 3.63) is 0 Å². The average molecular weight is 306 g/mol. The minimum absolute atomic E-state index is 0. The van der Waals surface area contributed by atoms with Crippen LogP contribution in [-0.2, 0) is 9.59 Å². The van der Waals surface area contributed by atoms with Crippen molar-refractivity contribution in [2.75, 3.05) is 33.2 Å². The molecule has 5 nitrogen and oxygen atoms in total. The lowest BCUT2D eigenvalue weighted by atomic mass is 10.1. The molecule has 0 aliphatic carbocycles. The van der Waals surface area contributed by atoms with Crippen LogP contribution in [0.5, 0.6) is 0 Å². The van der Waals surface area contributed by atoms with E-state index in [-0.39, 0.29) is 36.2 Å². The van der Waals surface area contributed by atoms with E-state index >= 15 is 0 Å². The number of likely N-dealkylation sites (tertiary alicyclic amines) is 1. The molecule has 0 aromatic rings. The number of halogens is 1. The minimum Gasteiger partial charge on any atom is -0.341 e. The fourth-order valence-electron chi connectivity index (χ4n) is 2.71. The molecule has 1 heterocycles. The first-order valence-corrected chi connectivity index (χ1v) is 7.30. The third-order valence-electron chi connectivity index (χ3n) is 3.83. The van der Waals surface area contributed by atoms with Crippen LogP contribution in [0.1, 0.15) is 33.6 Å². The van der Waals surface area contributed by atoms with E-state index in [2.05, 4.69) is 5.32 Å². The lowest BCUT2D eigenvalue weighted by Gasteiger charge is -2.30. The Labute approximate surface area is 128 Å². The van der Waals surface area contributed by atoms with Crippen LogP contribution in [0.3, 0.4) is 0 Å². The smallest absolute Gasteiger partial charge is 0.245 e. The lowest BCUT2D eigenvalue weighted by Crippen LogP contribution is -2.49. The van der Waals surface area contributed by atoms with E-state index in [1.807, 2.05) is 32.7 Å². The summed E-state index contributed by atoms with van der Waals surface area (Å²) in [5, 5.41) is 3.02. The molecule has 2 atom stereocenters. The van der Waals surface area contributed by atoms with E-state index in [1.165, 1.54) is 0 Å². The first kappa shape index (κ1) is 19.2. The number of nitrogens with zero attached hydrogens (tertiary/aromatic N) is 2. The molecular weight excluding hydrogens is 278 g/mol. The van der Waals surface area contributed by atoms with Gasteiger partial charge in [-0.15, -0.1) is 12.4 Å². The van der Waals surface area contributed by atoms with Gasteiger partial charge in [0.25, 0.3) is 0 Å². The van der Waals surface area contributed by atoms with E-state index in [0.29, 0.717) is 26.2 Å². The van der Waals surface area contributed by atoms with Crippen molar-refractivity contribution in [2.24, 2.45) is 5.92 Å². The van der Waals surface area contributed by atoms with E-state index in [4.69, 9.17) is 0 Å². The van der Waals surface area contributed by atoms with Gasteiger partial charge in [0.15, 0.2) is 0 Å². The Bertz CT molecular complexity index is 322. The summed E-state index contributed by atoms with van der Waals surface area (Å²) in [4.78, 5) is 28.4. The summed E-state index contributed by atoms with van der Waals surface area (Å²) in [7, 11) is 1.84. The van der Waals surface area contributed by atoms with Gasteiger partial charge in [-0.2, -0.15) is 0 Å². The van der Waals surface area contributed by atoms with Crippen LogP contribution in [0.4, 0.5) is 0 Å². The summed E-state index contributed by atoms with van der Waals surface area (Å²) in [5.74, 6) is 0.125. The van der Waals surface area contributed by atoms with Gasteiger partial charge < -0.3 is 15.1 Å². The molecule has 0 radical (unpaired) electrons. The van der Waals surface area contributed by atoms with Gasteiger partial charge in [0, 0.05) is 32.1 Å². The molecule has 1 N–H and O–H groups in total. The Morgan fingerprint density at radius 1 is 1.35 bits per heavy atom. The molecular formula is C14H28ClN3O2. The number of nitrogens with one attached hydrogen (secondary N) is 1. The van der Waals surface area contributed by atoms with E-state index in [1.54, 1.807) is 4.90 Å². The van der Waals surface area contributed by atoms with Gasteiger partial charge in [0.1, 0.15) is 6.04 Å². The molecule has 6 heteroatoms. The SMILES string of the molecule is CCN(CC)C(=O)C1CCCN1C(=O)C(C)CNC.Cl. The van der Waals surface area contributed by atoms with Crippen LogP contribution in [0.15, 0.2) is 0 Å². The van der Waals surface area contributed by atoms with Gasteiger partial charge in [0.2, 0.25) is 11.8 Å². The third-order valence-corrected chi connectivity index (χ3v) is 3.83. The molecule has 118 valence electrons. The first-order valence-electron chi connectivity index (χ1n) is 7.30. The number of rotatable bonds is 6. The van der Waals surface area contributed by atoms with Crippen LogP contribution >= 0.6 is 12.4 Å². The Balaban J connectivity index is 0.00000361. The number of hydrogen-bond acceptors (Lipinski definition) is 3. The van der Waals surface area contributed by atoms with Gasteiger partial charge in [0.05, 0.1) is 0 Å². The highest BCUT2D eigenvalue weighted by Gasteiger charge is 2.37. The highest BCUT2D eigenvalue weighted by Crippen LogP contribution is 2.21. The molecule has 2 unspecified atom stereocenters. The topological polar surface area (TPSA) is 52.7 Å². The highest BCUT2D eigenvalue weighted by atomic mass is 35.5. The molecule has 2 amide bonds. The van der Waals surface area contributed by atoms with Crippen molar-refractivity contribution in [3.8, 4) is 0 Å². The molecule has 20 heavy (non-hydrogen) atoms. The standard InChI is InChI=1S/C14H27N3O2.ClH/c1-5-16(6-2)14(19)12-8-7-9-17(12)13(18)11(3)10-15-4;/h11-12,15H,5-10H2,1-4H3;1H. The molecule has 0 spiro atoms. The Morgan fingerprint density at radius 3 is 2.45 bits per heavy atom. The molecule has 0 aromatic carbocycles. The maximum Gasteiger partial charge on any atom is 0.245 e. The summed E-state index contributed by atoms with van der Waals surface area (Å²) in [6.45, 7) is 8.65. The second-order valence-corrected chi connectivity index (χ2v) is 5.16. The zero-order valence-electron chi connectivity index (χ0n) is 13.0. The van der Waals surface area contributed by atoms with Crippen LogP contribution in [0, 0.1) is 5.92 Å². The average Bonchev–Trinajstić information content (AvgIpc) is 2.88. The van der Waals surface area contributed by atoms with Crippen LogP contribution in [0.2, 0.25) is 0 Å². The summed E-state index contributed by atoms with van der Waals surface area (Å²) >= 11 is 0. The summed E-state index contributed by atoms with van der Waals surface area (Å²) < 4.78 is 0. The predicted molar refractivity (Wildman–Crippen MR) is 83.0 cm³/mol. The van der Waals surface area contributed by atoms with E-state index in [0.717, 1.165) is 12.8 Å². The molecule has 0 saturated carbocycles. The lowest BCUT2D eigenvalue weighted by molar-refractivity contribution is -0.145. The predicted octanol–water partition coefficient (Wildman–Crippen LogP) is 1.12. The summed E-state index contributed by atoms with van der Waals surface area (Å²) in [6, 6.07) is -0.244. The maximum atomic E-state index is 12.4. The second kappa shape index (κ2) is 9.19. The summed E-state index contributed by atoms with van der Waals surface area (Å²) in [6.07, 6.45) is 1.73. The normalized spacial score (nSPS) is 19.4. The molecule has 1 aliphatic heterocycles. The van der Waals surface area contributed by atoms with Gasteiger partial charge >= 0.3 is 0 Å².